The Labute approximate surface area is 160 Å². The molecule has 2 aromatic heterocycles. The largest absolute Gasteiger partial charge is 0.339 e. The van der Waals surface area contributed by atoms with Gasteiger partial charge in [-0.2, -0.15) is 4.98 Å². The van der Waals surface area contributed by atoms with E-state index >= 15 is 0 Å². The third kappa shape index (κ3) is 5.77. The summed E-state index contributed by atoms with van der Waals surface area (Å²) in [4.78, 5) is 23.2. The molecule has 0 spiro atoms. The van der Waals surface area contributed by atoms with Gasteiger partial charge in [-0.15, -0.1) is 0 Å². The Morgan fingerprint density at radius 3 is 3.07 bits per heavy atom. The normalized spacial score (nSPS) is 17.3. The number of hydrogen-bond acceptors (Lipinski definition) is 5. The summed E-state index contributed by atoms with van der Waals surface area (Å²) >= 11 is 0. The van der Waals surface area contributed by atoms with Crippen LogP contribution in [0.25, 0.3) is 0 Å². The topological polar surface area (TPSA) is 84.2 Å². The monoisotopic (exact) mass is 371 g/mol. The van der Waals surface area contributed by atoms with Crippen LogP contribution < -0.4 is 5.32 Å². The zero-order valence-electron chi connectivity index (χ0n) is 16.2. The third-order valence-electron chi connectivity index (χ3n) is 4.74. The maximum atomic E-state index is 12.5. The van der Waals surface area contributed by atoms with Crippen LogP contribution in [0.15, 0.2) is 28.9 Å². The van der Waals surface area contributed by atoms with E-state index in [1.165, 1.54) is 0 Å². The van der Waals surface area contributed by atoms with Crippen LogP contribution in [0.2, 0.25) is 0 Å². The van der Waals surface area contributed by atoms with Crippen LogP contribution in [0.4, 0.5) is 4.79 Å². The highest BCUT2D eigenvalue weighted by atomic mass is 16.5. The van der Waals surface area contributed by atoms with Gasteiger partial charge in [0.05, 0.1) is 5.92 Å². The van der Waals surface area contributed by atoms with E-state index < -0.39 is 0 Å². The second-order valence-corrected chi connectivity index (χ2v) is 7.59. The van der Waals surface area contributed by atoms with Gasteiger partial charge in [-0.1, -0.05) is 25.1 Å². The average molecular weight is 371 g/mol. The second kappa shape index (κ2) is 9.48. The molecule has 0 aliphatic carbocycles. The standard InChI is InChI=1S/C20H29N5O2/c1-15(2)13-18-23-19(27-24-18)16-7-6-12-25(14-16)20(26)22-11-5-9-17-8-3-4-10-21-17/h3-4,8,10,15-16H,5-7,9,11-14H2,1-2H3,(H,22,26). The Kier molecular flexibility index (Phi) is 6.79. The smallest absolute Gasteiger partial charge is 0.317 e. The van der Waals surface area contributed by atoms with Gasteiger partial charge in [-0.3, -0.25) is 4.98 Å². The van der Waals surface area contributed by atoms with E-state index in [9.17, 15) is 4.79 Å². The van der Waals surface area contributed by atoms with Crippen LogP contribution in [0.3, 0.4) is 0 Å². The first-order valence-electron chi connectivity index (χ1n) is 9.87. The number of likely N-dealkylation sites (tertiary alicyclic amines) is 1. The molecule has 2 aromatic rings. The summed E-state index contributed by atoms with van der Waals surface area (Å²) in [7, 11) is 0. The molecule has 3 rings (SSSR count). The molecule has 1 unspecified atom stereocenters. The Morgan fingerprint density at radius 1 is 1.41 bits per heavy atom. The molecule has 146 valence electrons. The van der Waals surface area contributed by atoms with Crippen molar-refractivity contribution in [3.05, 3.63) is 41.8 Å². The molecule has 1 aliphatic rings. The molecule has 7 nitrogen and oxygen atoms in total. The van der Waals surface area contributed by atoms with Crippen molar-refractivity contribution in [3.63, 3.8) is 0 Å². The number of piperidine rings is 1. The number of hydrogen-bond donors (Lipinski definition) is 1. The number of pyridine rings is 1. The average Bonchev–Trinajstić information content (AvgIpc) is 3.14. The number of carbonyl (C=O) groups is 1. The Bertz CT molecular complexity index is 716. The summed E-state index contributed by atoms with van der Waals surface area (Å²) < 4.78 is 5.45. The van der Waals surface area contributed by atoms with Crippen molar-refractivity contribution in [2.75, 3.05) is 19.6 Å². The van der Waals surface area contributed by atoms with Crippen molar-refractivity contribution >= 4 is 6.03 Å². The molecule has 2 amide bonds. The van der Waals surface area contributed by atoms with Crippen LogP contribution in [0.5, 0.6) is 0 Å². The first-order chi connectivity index (χ1) is 13.1. The lowest BCUT2D eigenvalue weighted by Gasteiger charge is -2.31. The number of nitrogens with zero attached hydrogens (tertiary/aromatic N) is 4. The van der Waals surface area contributed by atoms with Crippen LogP contribution >= 0.6 is 0 Å². The maximum Gasteiger partial charge on any atom is 0.317 e. The maximum absolute atomic E-state index is 12.5. The SMILES string of the molecule is CC(C)Cc1noc(C2CCCN(C(=O)NCCCc3ccccn3)C2)n1. The minimum atomic E-state index is -0.0114. The van der Waals surface area contributed by atoms with Crippen molar-refractivity contribution in [2.45, 2.75) is 51.9 Å². The first-order valence-corrected chi connectivity index (χ1v) is 9.87. The third-order valence-corrected chi connectivity index (χ3v) is 4.74. The van der Waals surface area contributed by atoms with Crippen molar-refractivity contribution in [1.29, 1.82) is 0 Å². The fourth-order valence-corrected chi connectivity index (χ4v) is 3.37. The van der Waals surface area contributed by atoms with E-state index in [1.807, 2.05) is 23.1 Å². The summed E-state index contributed by atoms with van der Waals surface area (Å²) in [6, 6.07) is 5.89. The van der Waals surface area contributed by atoms with Gasteiger partial charge in [-0.05, 0) is 43.7 Å². The number of aryl methyl sites for hydroxylation is 1. The van der Waals surface area contributed by atoms with E-state index in [4.69, 9.17) is 4.52 Å². The summed E-state index contributed by atoms with van der Waals surface area (Å²) in [5, 5.41) is 7.10. The minimum Gasteiger partial charge on any atom is -0.339 e. The highest BCUT2D eigenvalue weighted by Gasteiger charge is 2.28. The Hall–Kier alpha value is -2.44. The highest BCUT2D eigenvalue weighted by molar-refractivity contribution is 5.74. The molecule has 1 saturated heterocycles. The number of urea groups is 1. The molecule has 0 radical (unpaired) electrons. The molecule has 0 aromatic carbocycles. The summed E-state index contributed by atoms with van der Waals surface area (Å²) in [5.74, 6) is 2.05. The number of nitrogens with one attached hydrogen (secondary N) is 1. The van der Waals surface area contributed by atoms with Crippen molar-refractivity contribution in [3.8, 4) is 0 Å². The Morgan fingerprint density at radius 2 is 2.30 bits per heavy atom. The minimum absolute atomic E-state index is 0.0114. The second-order valence-electron chi connectivity index (χ2n) is 7.59. The fourth-order valence-electron chi connectivity index (χ4n) is 3.37. The lowest BCUT2D eigenvalue weighted by atomic mass is 9.98. The van der Waals surface area contributed by atoms with Crippen molar-refractivity contribution in [1.82, 2.24) is 25.3 Å². The molecule has 3 heterocycles. The van der Waals surface area contributed by atoms with E-state index in [1.54, 1.807) is 6.20 Å². The lowest BCUT2D eigenvalue weighted by Crippen LogP contribution is -2.45. The molecular weight excluding hydrogens is 342 g/mol. The molecule has 7 heteroatoms. The molecule has 1 aliphatic heterocycles. The van der Waals surface area contributed by atoms with Crippen molar-refractivity contribution < 1.29 is 9.32 Å². The first kappa shape index (κ1) is 19.3. The molecular formula is C20H29N5O2. The predicted molar refractivity (Wildman–Crippen MR) is 102 cm³/mol. The summed E-state index contributed by atoms with van der Waals surface area (Å²) in [5.41, 5.74) is 1.05. The van der Waals surface area contributed by atoms with Crippen LogP contribution in [-0.4, -0.2) is 45.7 Å². The quantitative estimate of drug-likeness (QED) is 0.756. The number of carbonyl (C=O) groups excluding carboxylic acids is 1. The van der Waals surface area contributed by atoms with Gasteiger partial charge in [0.15, 0.2) is 5.82 Å². The van der Waals surface area contributed by atoms with E-state index in [0.717, 1.165) is 50.2 Å². The van der Waals surface area contributed by atoms with E-state index in [0.29, 0.717) is 24.9 Å². The molecule has 1 atom stereocenters. The zero-order chi connectivity index (χ0) is 19.1. The summed E-state index contributed by atoms with van der Waals surface area (Å²) in [6.07, 6.45) is 6.29. The molecule has 1 fully saturated rings. The van der Waals surface area contributed by atoms with E-state index in [2.05, 4.69) is 34.3 Å². The van der Waals surface area contributed by atoms with Crippen LogP contribution in [0, 0.1) is 5.92 Å². The lowest BCUT2D eigenvalue weighted by molar-refractivity contribution is 0.172. The van der Waals surface area contributed by atoms with Gasteiger partial charge in [0, 0.05) is 37.9 Å². The fraction of sp³-hybridized carbons (Fsp3) is 0.600. The number of rotatable bonds is 7. The molecule has 0 bridgehead atoms. The number of amides is 2. The van der Waals surface area contributed by atoms with Gasteiger partial charge in [0.25, 0.3) is 0 Å². The van der Waals surface area contributed by atoms with Gasteiger partial charge in [0.2, 0.25) is 5.89 Å². The molecule has 27 heavy (non-hydrogen) atoms. The number of aromatic nitrogens is 3. The Balaban J connectivity index is 1.44. The van der Waals surface area contributed by atoms with E-state index in [-0.39, 0.29) is 11.9 Å². The highest BCUT2D eigenvalue weighted by Crippen LogP contribution is 2.26. The van der Waals surface area contributed by atoms with Gasteiger partial charge < -0.3 is 14.7 Å². The van der Waals surface area contributed by atoms with Crippen molar-refractivity contribution in [2.24, 2.45) is 5.92 Å². The van der Waals surface area contributed by atoms with Gasteiger partial charge >= 0.3 is 6.03 Å². The van der Waals surface area contributed by atoms with Gasteiger partial charge in [0.1, 0.15) is 0 Å². The van der Waals surface area contributed by atoms with Crippen LogP contribution in [-0.2, 0) is 12.8 Å². The summed E-state index contributed by atoms with van der Waals surface area (Å²) in [6.45, 7) is 6.33. The predicted octanol–water partition coefficient (Wildman–Crippen LogP) is 3.18. The molecule has 1 N–H and O–H groups in total. The van der Waals surface area contributed by atoms with Gasteiger partial charge in [-0.25, -0.2) is 4.79 Å². The zero-order valence-corrected chi connectivity index (χ0v) is 16.2. The molecule has 0 saturated carbocycles. The van der Waals surface area contributed by atoms with Crippen LogP contribution in [0.1, 0.15) is 56.4 Å².